The molecule has 0 saturated carbocycles. The average Bonchev–Trinajstić information content (AvgIpc) is 3.56. The number of hydrogen-bond donors (Lipinski definition) is 2. The molecule has 1 fully saturated rings. The molecule has 1 aliphatic carbocycles. The second-order valence-corrected chi connectivity index (χ2v) is 10.4. The molecule has 202 valence electrons. The van der Waals surface area contributed by atoms with E-state index < -0.39 is 17.0 Å². The predicted octanol–water partition coefficient (Wildman–Crippen LogP) is 3.77. The van der Waals surface area contributed by atoms with Gasteiger partial charge in [0, 0.05) is 31.0 Å². The summed E-state index contributed by atoms with van der Waals surface area (Å²) in [5, 5.41) is 17.1. The van der Waals surface area contributed by atoms with E-state index in [0.29, 0.717) is 31.4 Å². The minimum absolute atomic E-state index is 0.0415. The fourth-order valence-corrected chi connectivity index (χ4v) is 5.45. The zero-order valence-electron chi connectivity index (χ0n) is 22.2. The Bertz CT molecular complexity index is 1210. The molecule has 4 atom stereocenters. The molecule has 0 bridgehead atoms. The summed E-state index contributed by atoms with van der Waals surface area (Å²) in [7, 11) is 0. The first-order valence-corrected chi connectivity index (χ1v) is 13.4. The van der Waals surface area contributed by atoms with Gasteiger partial charge in [-0.15, -0.1) is 0 Å². The van der Waals surface area contributed by atoms with Crippen LogP contribution < -0.4 is 10.6 Å². The standard InChI is InChI=1S/C29H36N4O5/c1-4-18(2)27(34)31-25(17-20-10-12-21(13-11-20)33(37)38)29(36)32-16-6-9-26(32)28(35)30-24-15-14-22-19(3)7-5-8-23(22)24/h5,7-8,10-13,18,24-26H,4,6,9,14-17H2,1-3H3,(H,30,35)(H,31,34)/t18-,24?,25+,26+/m1/s1. The normalized spacial score (nSPS) is 19.9. The lowest BCUT2D eigenvalue weighted by Gasteiger charge is -2.30. The molecule has 9 nitrogen and oxygen atoms in total. The molecule has 3 amide bonds. The van der Waals surface area contributed by atoms with Crippen molar-refractivity contribution in [1.82, 2.24) is 15.5 Å². The van der Waals surface area contributed by atoms with Gasteiger partial charge in [-0.3, -0.25) is 24.5 Å². The van der Waals surface area contributed by atoms with Crippen LogP contribution in [0.4, 0.5) is 5.69 Å². The lowest BCUT2D eigenvalue weighted by Crippen LogP contribution is -2.55. The van der Waals surface area contributed by atoms with Crippen LogP contribution in [0.25, 0.3) is 0 Å². The van der Waals surface area contributed by atoms with Crippen LogP contribution in [-0.4, -0.2) is 46.2 Å². The Balaban J connectivity index is 1.50. The van der Waals surface area contributed by atoms with E-state index in [4.69, 9.17) is 0 Å². The fraction of sp³-hybridized carbons (Fsp3) is 0.483. The average molecular weight is 521 g/mol. The van der Waals surface area contributed by atoms with Crippen LogP contribution in [0.15, 0.2) is 42.5 Å². The van der Waals surface area contributed by atoms with Gasteiger partial charge in [-0.2, -0.15) is 0 Å². The second kappa shape index (κ2) is 11.8. The van der Waals surface area contributed by atoms with Gasteiger partial charge in [-0.25, -0.2) is 0 Å². The third-order valence-corrected chi connectivity index (χ3v) is 7.92. The number of carbonyl (C=O) groups is 3. The van der Waals surface area contributed by atoms with Crippen molar-refractivity contribution in [2.24, 2.45) is 5.92 Å². The van der Waals surface area contributed by atoms with Gasteiger partial charge in [0.1, 0.15) is 12.1 Å². The molecule has 2 aromatic carbocycles. The van der Waals surface area contributed by atoms with Crippen LogP contribution >= 0.6 is 0 Å². The van der Waals surface area contributed by atoms with Gasteiger partial charge in [0.2, 0.25) is 17.7 Å². The van der Waals surface area contributed by atoms with Crippen LogP contribution in [0.2, 0.25) is 0 Å². The number of rotatable bonds is 9. The van der Waals surface area contributed by atoms with Gasteiger partial charge in [-0.05, 0) is 61.3 Å². The summed E-state index contributed by atoms with van der Waals surface area (Å²) in [5.74, 6) is -0.977. The monoisotopic (exact) mass is 520 g/mol. The Morgan fingerprint density at radius 2 is 1.87 bits per heavy atom. The van der Waals surface area contributed by atoms with Crippen molar-refractivity contribution in [3.8, 4) is 0 Å². The van der Waals surface area contributed by atoms with Gasteiger partial charge < -0.3 is 15.5 Å². The van der Waals surface area contributed by atoms with Crippen molar-refractivity contribution in [3.63, 3.8) is 0 Å². The smallest absolute Gasteiger partial charge is 0.269 e. The van der Waals surface area contributed by atoms with Crippen molar-refractivity contribution >= 4 is 23.4 Å². The molecule has 0 spiro atoms. The van der Waals surface area contributed by atoms with Crippen LogP contribution in [0.1, 0.15) is 67.8 Å². The number of amides is 3. The number of likely N-dealkylation sites (tertiary alicyclic amines) is 1. The Labute approximate surface area is 223 Å². The zero-order chi connectivity index (χ0) is 27.4. The maximum Gasteiger partial charge on any atom is 0.269 e. The van der Waals surface area contributed by atoms with E-state index in [1.54, 1.807) is 24.0 Å². The molecule has 2 N–H and O–H groups in total. The minimum Gasteiger partial charge on any atom is -0.347 e. The van der Waals surface area contributed by atoms with Crippen molar-refractivity contribution in [1.29, 1.82) is 0 Å². The van der Waals surface area contributed by atoms with Crippen molar-refractivity contribution in [3.05, 3.63) is 74.8 Å². The third kappa shape index (κ3) is 5.87. The van der Waals surface area contributed by atoms with Crippen LogP contribution in [-0.2, 0) is 27.2 Å². The molecular weight excluding hydrogens is 484 g/mol. The number of nitro benzene ring substituents is 1. The minimum atomic E-state index is -0.874. The number of benzene rings is 2. The van der Waals surface area contributed by atoms with E-state index in [0.717, 1.165) is 18.4 Å². The fourth-order valence-electron chi connectivity index (χ4n) is 5.45. The molecule has 9 heteroatoms. The van der Waals surface area contributed by atoms with Gasteiger partial charge in [0.25, 0.3) is 5.69 Å². The SMILES string of the molecule is CC[C@@H](C)C(=O)N[C@@H](Cc1ccc([N+](=O)[O-])cc1)C(=O)N1CCC[C@H]1C(=O)NC1CCc2c(C)cccc21. The number of fused-ring (bicyclic) bond motifs is 1. The molecule has 0 aromatic heterocycles. The molecule has 4 rings (SSSR count). The predicted molar refractivity (Wildman–Crippen MR) is 143 cm³/mol. The number of nitrogens with one attached hydrogen (secondary N) is 2. The first-order chi connectivity index (χ1) is 18.2. The maximum absolute atomic E-state index is 13.8. The van der Waals surface area contributed by atoms with Crippen molar-refractivity contribution < 1.29 is 19.3 Å². The van der Waals surface area contributed by atoms with E-state index in [-0.39, 0.29) is 41.8 Å². The van der Waals surface area contributed by atoms with Gasteiger partial charge in [-0.1, -0.05) is 44.2 Å². The summed E-state index contributed by atoms with van der Waals surface area (Å²) in [5.41, 5.74) is 4.30. The van der Waals surface area contributed by atoms with E-state index >= 15 is 0 Å². The number of nitro groups is 1. The summed E-state index contributed by atoms with van der Waals surface area (Å²) in [6.07, 6.45) is 3.82. The van der Waals surface area contributed by atoms with E-state index in [1.165, 1.54) is 23.3 Å². The number of nitrogens with zero attached hydrogens (tertiary/aromatic N) is 2. The first-order valence-electron chi connectivity index (χ1n) is 13.4. The van der Waals surface area contributed by atoms with Crippen LogP contribution in [0.5, 0.6) is 0 Å². The maximum atomic E-state index is 13.8. The Kier molecular flexibility index (Phi) is 8.44. The van der Waals surface area contributed by atoms with Gasteiger partial charge in [0.05, 0.1) is 11.0 Å². The van der Waals surface area contributed by atoms with Gasteiger partial charge in [0.15, 0.2) is 0 Å². The van der Waals surface area contributed by atoms with Crippen molar-refractivity contribution in [2.45, 2.75) is 77.4 Å². The van der Waals surface area contributed by atoms with Crippen molar-refractivity contribution in [2.75, 3.05) is 6.54 Å². The van der Waals surface area contributed by atoms with E-state index in [2.05, 4.69) is 29.7 Å². The molecule has 1 unspecified atom stereocenters. The number of non-ortho nitro benzene ring substituents is 1. The molecule has 2 aromatic rings. The summed E-state index contributed by atoms with van der Waals surface area (Å²) >= 11 is 0. The molecule has 1 heterocycles. The molecule has 2 aliphatic rings. The summed E-state index contributed by atoms with van der Waals surface area (Å²) in [6, 6.07) is 10.6. The molecule has 38 heavy (non-hydrogen) atoms. The Morgan fingerprint density at radius 3 is 2.55 bits per heavy atom. The number of hydrogen-bond acceptors (Lipinski definition) is 5. The Hall–Kier alpha value is -3.75. The highest BCUT2D eigenvalue weighted by molar-refractivity contribution is 5.93. The highest BCUT2D eigenvalue weighted by Gasteiger charge is 2.39. The highest BCUT2D eigenvalue weighted by atomic mass is 16.6. The Morgan fingerprint density at radius 1 is 1.13 bits per heavy atom. The molecule has 0 radical (unpaired) electrons. The molecule has 1 saturated heterocycles. The van der Waals surface area contributed by atoms with Crippen LogP contribution in [0, 0.1) is 23.0 Å². The third-order valence-electron chi connectivity index (χ3n) is 7.92. The quantitative estimate of drug-likeness (QED) is 0.385. The zero-order valence-corrected chi connectivity index (χ0v) is 22.2. The van der Waals surface area contributed by atoms with E-state index in [1.807, 2.05) is 13.0 Å². The summed E-state index contributed by atoms with van der Waals surface area (Å²) in [6.45, 7) is 6.23. The van der Waals surface area contributed by atoms with Crippen LogP contribution in [0.3, 0.4) is 0 Å². The van der Waals surface area contributed by atoms with E-state index in [9.17, 15) is 24.5 Å². The lowest BCUT2D eigenvalue weighted by atomic mass is 10.0. The summed E-state index contributed by atoms with van der Waals surface area (Å²) in [4.78, 5) is 52.1. The number of carbonyl (C=O) groups excluding carboxylic acids is 3. The largest absolute Gasteiger partial charge is 0.347 e. The molecular formula is C29H36N4O5. The summed E-state index contributed by atoms with van der Waals surface area (Å²) < 4.78 is 0. The van der Waals surface area contributed by atoms with Gasteiger partial charge >= 0.3 is 0 Å². The first kappa shape index (κ1) is 27.3. The number of aryl methyl sites for hydroxylation is 1. The lowest BCUT2D eigenvalue weighted by molar-refractivity contribution is -0.384. The molecule has 1 aliphatic heterocycles. The second-order valence-electron chi connectivity index (χ2n) is 10.4. The topological polar surface area (TPSA) is 122 Å². The highest BCUT2D eigenvalue weighted by Crippen LogP contribution is 2.33.